The van der Waals surface area contributed by atoms with E-state index in [9.17, 15) is 0 Å². The highest BCUT2D eigenvalue weighted by molar-refractivity contribution is 7.19. The molecule has 3 heterocycles. The number of nitrogen functional groups attached to an aromatic ring is 1. The summed E-state index contributed by atoms with van der Waals surface area (Å²) in [4.78, 5) is 9.35. The Hall–Kier alpha value is -3.64. The summed E-state index contributed by atoms with van der Waals surface area (Å²) in [7, 11) is 3.19. The Labute approximate surface area is 158 Å². The van der Waals surface area contributed by atoms with E-state index in [4.69, 9.17) is 20.5 Å². The predicted molar refractivity (Wildman–Crippen MR) is 102 cm³/mol. The van der Waals surface area contributed by atoms with Crippen molar-refractivity contribution in [3.8, 4) is 39.4 Å². The first-order valence-electron chi connectivity index (χ1n) is 7.87. The number of nitriles is 1. The van der Waals surface area contributed by atoms with Crippen LogP contribution < -0.4 is 15.2 Å². The number of anilines is 1. The van der Waals surface area contributed by atoms with E-state index in [0.717, 1.165) is 15.5 Å². The fraction of sp³-hybridized carbons (Fsp3) is 0.111. The number of hydrogen-bond acceptors (Lipinski definition) is 8. The van der Waals surface area contributed by atoms with Crippen LogP contribution in [0.2, 0.25) is 0 Å². The molecule has 0 bridgehead atoms. The standard InChI is InChI=1S/C18H14N6O2S/c1-25-14-4-3-10(6-15(14)26-2)17-23-24-9-13(22-18(24)27-17)12-5-11(7-19)16(20)21-8-12/h3-6,8-9H,1-2H3,(H2,20,21). The quantitative estimate of drug-likeness (QED) is 0.581. The third kappa shape index (κ3) is 2.92. The molecule has 9 heteroatoms. The first-order chi connectivity index (χ1) is 13.1. The van der Waals surface area contributed by atoms with E-state index in [2.05, 4.69) is 15.1 Å². The topological polar surface area (TPSA) is 111 Å². The summed E-state index contributed by atoms with van der Waals surface area (Å²) in [5.41, 5.74) is 8.29. The van der Waals surface area contributed by atoms with Gasteiger partial charge in [0.1, 0.15) is 16.9 Å². The normalized spacial score (nSPS) is 10.7. The first kappa shape index (κ1) is 16.8. The third-order valence-corrected chi connectivity index (χ3v) is 4.98. The van der Waals surface area contributed by atoms with Crippen molar-refractivity contribution in [3.63, 3.8) is 0 Å². The number of pyridine rings is 1. The number of imidazole rings is 1. The van der Waals surface area contributed by atoms with Gasteiger partial charge in [-0.3, -0.25) is 0 Å². The fourth-order valence-electron chi connectivity index (χ4n) is 2.63. The van der Waals surface area contributed by atoms with Crippen molar-refractivity contribution in [1.82, 2.24) is 19.6 Å². The Kier molecular flexibility index (Phi) is 4.10. The zero-order chi connectivity index (χ0) is 19.0. The minimum atomic E-state index is 0.205. The van der Waals surface area contributed by atoms with Crippen LogP contribution in [0.4, 0.5) is 5.82 Å². The van der Waals surface area contributed by atoms with Crippen LogP contribution >= 0.6 is 11.3 Å². The second-order valence-electron chi connectivity index (χ2n) is 5.60. The van der Waals surface area contributed by atoms with Crippen molar-refractivity contribution in [2.45, 2.75) is 0 Å². The van der Waals surface area contributed by atoms with Crippen LogP contribution in [0.15, 0.2) is 36.7 Å². The molecule has 4 rings (SSSR count). The fourth-order valence-corrected chi connectivity index (χ4v) is 3.51. The Balaban J connectivity index is 1.72. The van der Waals surface area contributed by atoms with Gasteiger partial charge in [0.2, 0.25) is 4.96 Å². The number of aromatic nitrogens is 4. The number of nitrogens with zero attached hydrogens (tertiary/aromatic N) is 5. The van der Waals surface area contributed by atoms with Gasteiger partial charge in [-0.2, -0.15) is 10.4 Å². The second-order valence-corrected chi connectivity index (χ2v) is 6.55. The number of nitrogens with two attached hydrogens (primary N) is 1. The van der Waals surface area contributed by atoms with E-state index in [-0.39, 0.29) is 5.82 Å². The summed E-state index contributed by atoms with van der Waals surface area (Å²) >= 11 is 1.45. The lowest BCUT2D eigenvalue weighted by Gasteiger charge is -2.07. The first-order valence-corrected chi connectivity index (χ1v) is 8.69. The zero-order valence-electron chi connectivity index (χ0n) is 14.5. The molecule has 134 valence electrons. The highest BCUT2D eigenvalue weighted by Crippen LogP contribution is 2.34. The number of ether oxygens (including phenoxy) is 2. The highest BCUT2D eigenvalue weighted by Gasteiger charge is 2.14. The minimum Gasteiger partial charge on any atom is -0.493 e. The summed E-state index contributed by atoms with van der Waals surface area (Å²) in [6, 6.07) is 9.33. The Morgan fingerprint density at radius 1 is 1.15 bits per heavy atom. The van der Waals surface area contributed by atoms with Crippen LogP contribution in [0.1, 0.15) is 5.56 Å². The lowest BCUT2D eigenvalue weighted by molar-refractivity contribution is 0.355. The minimum absolute atomic E-state index is 0.205. The van der Waals surface area contributed by atoms with Crippen molar-refractivity contribution in [1.29, 1.82) is 5.26 Å². The van der Waals surface area contributed by atoms with E-state index < -0.39 is 0 Å². The van der Waals surface area contributed by atoms with E-state index in [1.165, 1.54) is 11.3 Å². The highest BCUT2D eigenvalue weighted by atomic mass is 32.1. The smallest absolute Gasteiger partial charge is 0.213 e. The van der Waals surface area contributed by atoms with Gasteiger partial charge >= 0.3 is 0 Å². The summed E-state index contributed by atoms with van der Waals surface area (Å²) < 4.78 is 12.3. The van der Waals surface area contributed by atoms with Gasteiger partial charge in [-0.05, 0) is 24.3 Å². The number of benzene rings is 1. The molecule has 0 saturated heterocycles. The number of methoxy groups -OCH3 is 2. The molecule has 0 spiro atoms. The van der Waals surface area contributed by atoms with E-state index in [1.807, 2.05) is 24.3 Å². The molecule has 2 N–H and O–H groups in total. The van der Waals surface area contributed by atoms with Gasteiger partial charge < -0.3 is 15.2 Å². The second kappa shape index (κ2) is 6.59. The number of fused-ring (bicyclic) bond motifs is 1. The summed E-state index contributed by atoms with van der Waals surface area (Å²) in [6.45, 7) is 0. The molecule has 0 fully saturated rings. The molecule has 1 aromatic carbocycles. The van der Waals surface area contributed by atoms with Crippen molar-refractivity contribution in [2.75, 3.05) is 20.0 Å². The van der Waals surface area contributed by atoms with Gasteiger partial charge in [0.15, 0.2) is 11.5 Å². The van der Waals surface area contributed by atoms with Crippen LogP contribution in [0.3, 0.4) is 0 Å². The average molecular weight is 378 g/mol. The van der Waals surface area contributed by atoms with Crippen molar-refractivity contribution < 1.29 is 9.47 Å². The molecule has 27 heavy (non-hydrogen) atoms. The van der Waals surface area contributed by atoms with Gasteiger partial charge in [0, 0.05) is 17.3 Å². The monoisotopic (exact) mass is 378 g/mol. The number of hydrogen-bond donors (Lipinski definition) is 1. The lowest BCUT2D eigenvalue weighted by Crippen LogP contribution is -1.94. The molecule has 0 radical (unpaired) electrons. The molecular weight excluding hydrogens is 364 g/mol. The number of rotatable bonds is 4. The molecule has 0 aliphatic rings. The van der Waals surface area contributed by atoms with Crippen molar-refractivity contribution >= 4 is 22.1 Å². The average Bonchev–Trinajstić information content (AvgIpc) is 3.27. The third-order valence-electron chi connectivity index (χ3n) is 4.01. The van der Waals surface area contributed by atoms with Gasteiger partial charge in [-0.15, -0.1) is 0 Å². The SMILES string of the molecule is COc1ccc(-c2nn3cc(-c4cnc(N)c(C#N)c4)nc3s2)cc1OC. The molecule has 0 amide bonds. The van der Waals surface area contributed by atoms with Crippen LogP contribution in [0, 0.1) is 11.3 Å². The Bertz CT molecular complexity index is 1160. The zero-order valence-corrected chi connectivity index (χ0v) is 15.3. The molecule has 3 aromatic heterocycles. The van der Waals surface area contributed by atoms with E-state index in [1.54, 1.807) is 37.2 Å². The molecule has 0 aliphatic heterocycles. The van der Waals surface area contributed by atoms with E-state index >= 15 is 0 Å². The van der Waals surface area contributed by atoms with Crippen LogP contribution in [-0.2, 0) is 0 Å². The molecule has 0 aliphatic carbocycles. The maximum atomic E-state index is 9.11. The summed E-state index contributed by atoms with van der Waals surface area (Å²) in [5.74, 6) is 1.51. The van der Waals surface area contributed by atoms with Crippen molar-refractivity contribution in [2.24, 2.45) is 0 Å². The molecule has 4 aromatic rings. The Morgan fingerprint density at radius 2 is 1.96 bits per heavy atom. The molecule has 8 nitrogen and oxygen atoms in total. The van der Waals surface area contributed by atoms with Crippen LogP contribution in [0.25, 0.3) is 26.8 Å². The van der Waals surface area contributed by atoms with Gasteiger partial charge in [0.25, 0.3) is 0 Å². The van der Waals surface area contributed by atoms with Crippen LogP contribution in [0.5, 0.6) is 11.5 Å². The molecule has 0 saturated carbocycles. The molecule has 0 unspecified atom stereocenters. The predicted octanol–water partition coefficient (Wildman–Crippen LogP) is 2.99. The summed E-state index contributed by atoms with van der Waals surface area (Å²) in [5, 5.41) is 14.5. The van der Waals surface area contributed by atoms with Crippen molar-refractivity contribution in [3.05, 3.63) is 42.2 Å². The van der Waals surface area contributed by atoms with Gasteiger partial charge in [-0.1, -0.05) is 11.3 Å². The van der Waals surface area contributed by atoms with Gasteiger partial charge in [-0.25, -0.2) is 14.5 Å². The largest absolute Gasteiger partial charge is 0.493 e. The van der Waals surface area contributed by atoms with Crippen LogP contribution in [-0.4, -0.2) is 33.8 Å². The van der Waals surface area contributed by atoms with Gasteiger partial charge in [0.05, 0.1) is 31.7 Å². The maximum absolute atomic E-state index is 9.11. The lowest BCUT2D eigenvalue weighted by atomic mass is 10.1. The summed E-state index contributed by atoms with van der Waals surface area (Å²) in [6.07, 6.45) is 3.39. The van der Waals surface area contributed by atoms with E-state index in [0.29, 0.717) is 28.3 Å². The molecular formula is C18H14N6O2S. The molecule has 0 atom stereocenters. The maximum Gasteiger partial charge on any atom is 0.213 e. The Morgan fingerprint density at radius 3 is 2.67 bits per heavy atom.